The predicted molar refractivity (Wildman–Crippen MR) is 161 cm³/mol. The van der Waals surface area contributed by atoms with Gasteiger partial charge in [-0.05, 0) is 34.4 Å². The first-order chi connectivity index (χ1) is 19.4. The molecule has 6 aromatic carbocycles. The molecule has 0 spiro atoms. The molecule has 0 aliphatic carbocycles. The van der Waals surface area contributed by atoms with E-state index in [9.17, 15) is 0 Å². The van der Waals surface area contributed by atoms with Gasteiger partial charge in [-0.2, -0.15) is 4.80 Å². The zero-order chi connectivity index (χ0) is 26.0. The number of fused-ring (bicyclic) bond motifs is 1. The first-order valence-corrected chi connectivity index (χ1v) is 13.1. The summed E-state index contributed by atoms with van der Waals surface area (Å²) in [7, 11) is 0. The van der Waals surface area contributed by atoms with Crippen LogP contribution < -0.4 is 0 Å². The Morgan fingerprint density at radius 2 is 0.590 bits per heavy atom. The summed E-state index contributed by atoms with van der Waals surface area (Å²) in [5.41, 5.74) is 11.6. The van der Waals surface area contributed by atoms with Crippen LogP contribution >= 0.6 is 0 Å². The molecule has 0 saturated carbocycles. The minimum Gasteiger partial charge on any atom is -0.150 e. The van der Waals surface area contributed by atoms with Crippen molar-refractivity contribution in [3.63, 3.8) is 0 Å². The monoisotopic (exact) mass is 499 g/mol. The molecule has 0 saturated heterocycles. The molecule has 1 aromatic heterocycles. The van der Waals surface area contributed by atoms with Crippen molar-refractivity contribution in [2.45, 2.75) is 0 Å². The van der Waals surface area contributed by atoms with Crippen LogP contribution in [-0.4, -0.2) is 15.0 Å². The van der Waals surface area contributed by atoms with Gasteiger partial charge in [0.2, 0.25) is 0 Å². The highest BCUT2D eigenvalue weighted by atomic mass is 15.5. The molecule has 3 nitrogen and oxygen atoms in total. The van der Waals surface area contributed by atoms with E-state index in [-0.39, 0.29) is 0 Å². The Bertz CT molecular complexity index is 1740. The highest BCUT2D eigenvalue weighted by molar-refractivity contribution is 6.15. The fourth-order valence-electron chi connectivity index (χ4n) is 5.37. The summed E-state index contributed by atoms with van der Waals surface area (Å²) < 4.78 is 0. The molecule has 3 heteroatoms. The average molecular weight is 500 g/mol. The molecule has 0 unspecified atom stereocenters. The van der Waals surface area contributed by atoms with E-state index in [0.717, 1.165) is 61.2 Å². The molecule has 0 N–H and O–H groups in total. The molecule has 0 aliphatic heterocycles. The highest BCUT2D eigenvalue weighted by Crippen LogP contribution is 2.49. The number of nitrogens with zero attached hydrogens (tertiary/aromatic N) is 3. The number of hydrogen-bond donors (Lipinski definition) is 0. The lowest BCUT2D eigenvalue weighted by Gasteiger charge is -2.21. The Kier molecular flexibility index (Phi) is 5.80. The number of para-hydroxylation sites is 1. The van der Waals surface area contributed by atoms with Gasteiger partial charge in [0.1, 0.15) is 11.0 Å². The lowest BCUT2D eigenvalue weighted by Crippen LogP contribution is -1.97. The minimum absolute atomic E-state index is 0.877. The topological polar surface area (TPSA) is 30.7 Å². The summed E-state index contributed by atoms with van der Waals surface area (Å²) in [5.74, 6) is 0. The molecule has 0 amide bonds. The van der Waals surface area contributed by atoms with E-state index >= 15 is 0 Å². The standard InChI is InChI=1S/C36H25N3/c1-6-16-26(17-7-1)31-32(27-18-8-2-9-19-27)34(29-22-12-4-13-23-29)36-35(33(31)28-20-10-3-11-21-28)37-39(38-36)30-24-14-5-15-25-30/h1-25H. The summed E-state index contributed by atoms with van der Waals surface area (Å²) in [6.07, 6.45) is 0. The van der Waals surface area contributed by atoms with Crippen LogP contribution in [-0.2, 0) is 0 Å². The van der Waals surface area contributed by atoms with Gasteiger partial charge >= 0.3 is 0 Å². The first-order valence-electron chi connectivity index (χ1n) is 13.1. The average Bonchev–Trinajstić information content (AvgIpc) is 3.47. The van der Waals surface area contributed by atoms with Crippen LogP contribution in [0.1, 0.15) is 0 Å². The maximum absolute atomic E-state index is 5.17. The van der Waals surface area contributed by atoms with Gasteiger partial charge in [-0.1, -0.05) is 140 Å². The van der Waals surface area contributed by atoms with Gasteiger partial charge < -0.3 is 0 Å². The Morgan fingerprint density at radius 3 is 0.923 bits per heavy atom. The van der Waals surface area contributed by atoms with Gasteiger partial charge in [-0.15, -0.1) is 10.2 Å². The number of aromatic nitrogens is 3. The van der Waals surface area contributed by atoms with Crippen molar-refractivity contribution in [1.29, 1.82) is 0 Å². The fourth-order valence-corrected chi connectivity index (χ4v) is 5.37. The Balaban J connectivity index is 1.73. The zero-order valence-electron chi connectivity index (χ0n) is 21.3. The zero-order valence-corrected chi connectivity index (χ0v) is 21.3. The third-order valence-electron chi connectivity index (χ3n) is 7.07. The second kappa shape index (κ2) is 9.88. The number of benzene rings is 6. The van der Waals surface area contributed by atoms with E-state index in [1.807, 2.05) is 30.3 Å². The normalized spacial score (nSPS) is 11.1. The molecular formula is C36H25N3. The molecule has 0 atom stereocenters. The molecule has 7 aromatic rings. The van der Waals surface area contributed by atoms with Gasteiger partial charge in [0.25, 0.3) is 0 Å². The van der Waals surface area contributed by atoms with Crippen LogP contribution in [0.5, 0.6) is 0 Å². The maximum Gasteiger partial charge on any atom is 0.122 e. The van der Waals surface area contributed by atoms with Crippen LogP contribution in [0.2, 0.25) is 0 Å². The van der Waals surface area contributed by atoms with Crippen molar-refractivity contribution in [2.24, 2.45) is 0 Å². The minimum atomic E-state index is 0.877. The van der Waals surface area contributed by atoms with E-state index in [0.29, 0.717) is 0 Å². The molecular weight excluding hydrogens is 474 g/mol. The number of rotatable bonds is 5. The van der Waals surface area contributed by atoms with Crippen molar-refractivity contribution in [3.8, 4) is 50.2 Å². The molecule has 0 bridgehead atoms. The van der Waals surface area contributed by atoms with Gasteiger partial charge in [-0.25, -0.2) is 0 Å². The Morgan fingerprint density at radius 1 is 0.308 bits per heavy atom. The van der Waals surface area contributed by atoms with Crippen LogP contribution in [0, 0.1) is 0 Å². The van der Waals surface area contributed by atoms with Crippen molar-refractivity contribution < 1.29 is 0 Å². The van der Waals surface area contributed by atoms with Crippen molar-refractivity contribution in [2.75, 3.05) is 0 Å². The van der Waals surface area contributed by atoms with Gasteiger partial charge in [0, 0.05) is 22.3 Å². The quantitative estimate of drug-likeness (QED) is 0.236. The summed E-state index contributed by atoms with van der Waals surface area (Å²) in [6, 6.07) is 52.6. The molecule has 0 aliphatic rings. The van der Waals surface area contributed by atoms with E-state index < -0.39 is 0 Å². The van der Waals surface area contributed by atoms with E-state index in [1.165, 1.54) is 0 Å². The predicted octanol–water partition coefficient (Wildman–Crippen LogP) is 9.09. The Hall–Kier alpha value is -5.28. The number of hydrogen-bond acceptors (Lipinski definition) is 2. The maximum atomic E-state index is 5.17. The SMILES string of the molecule is c1ccc(-c2c(-c3ccccc3)c(-c3ccccc3)c3nn(-c4ccccc4)nc3c2-c2ccccc2)cc1. The molecule has 39 heavy (non-hydrogen) atoms. The van der Waals surface area contributed by atoms with Crippen LogP contribution in [0.25, 0.3) is 61.2 Å². The molecule has 1 heterocycles. The highest BCUT2D eigenvalue weighted by Gasteiger charge is 2.27. The molecule has 0 radical (unpaired) electrons. The molecule has 184 valence electrons. The smallest absolute Gasteiger partial charge is 0.122 e. The van der Waals surface area contributed by atoms with Crippen molar-refractivity contribution >= 4 is 11.0 Å². The third-order valence-corrected chi connectivity index (χ3v) is 7.07. The van der Waals surface area contributed by atoms with E-state index in [4.69, 9.17) is 10.2 Å². The van der Waals surface area contributed by atoms with Gasteiger partial charge in [-0.3, -0.25) is 0 Å². The van der Waals surface area contributed by atoms with Crippen LogP contribution in [0.4, 0.5) is 0 Å². The third kappa shape index (κ3) is 4.11. The van der Waals surface area contributed by atoms with Crippen LogP contribution in [0.3, 0.4) is 0 Å². The van der Waals surface area contributed by atoms with E-state index in [2.05, 4.69) is 121 Å². The van der Waals surface area contributed by atoms with Gasteiger partial charge in [0.15, 0.2) is 0 Å². The summed E-state index contributed by atoms with van der Waals surface area (Å²) in [4.78, 5) is 1.77. The second-order valence-electron chi connectivity index (χ2n) is 9.49. The van der Waals surface area contributed by atoms with E-state index in [1.54, 1.807) is 4.80 Å². The van der Waals surface area contributed by atoms with Gasteiger partial charge in [0.05, 0.1) is 5.69 Å². The summed E-state index contributed by atoms with van der Waals surface area (Å²) in [6.45, 7) is 0. The fraction of sp³-hybridized carbons (Fsp3) is 0. The molecule has 7 rings (SSSR count). The summed E-state index contributed by atoms with van der Waals surface area (Å²) in [5, 5.41) is 10.3. The molecule has 0 fully saturated rings. The first kappa shape index (κ1) is 22.9. The van der Waals surface area contributed by atoms with Crippen molar-refractivity contribution in [1.82, 2.24) is 15.0 Å². The lowest BCUT2D eigenvalue weighted by molar-refractivity contribution is 0.766. The Labute approximate surface area is 227 Å². The largest absolute Gasteiger partial charge is 0.150 e. The second-order valence-corrected chi connectivity index (χ2v) is 9.49. The lowest BCUT2D eigenvalue weighted by atomic mass is 9.81. The van der Waals surface area contributed by atoms with Crippen LogP contribution in [0.15, 0.2) is 152 Å². The van der Waals surface area contributed by atoms with Crippen molar-refractivity contribution in [3.05, 3.63) is 152 Å². The summed E-state index contributed by atoms with van der Waals surface area (Å²) >= 11 is 0.